The monoisotopic (exact) mass is 303 g/mol. The van der Waals surface area contributed by atoms with Crippen molar-refractivity contribution in [1.29, 1.82) is 0 Å². The van der Waals surface area contributed by atoms with Gasteiger partial charge in [0.2, 0.25) is 0 Å². The van der Waals surface area contributed by atoms with Crippen LogP contribution in [0, 0.1) is 0 Å². The molecule has 2 aromatic carbocycles. The number of halogens is 1. The van der Waals surface area contributed by atoms with Crippen molar-refractivity contribution in [2.75, 3.05) is 5.73 Å². The van der Waals surface area contributed by atoms with Gasteiger partial charge in [0, 0.05) is 16.3 Å². The summed E-state index contributed by atoms with van der Waals surface area (Å²) in [5.74, 6) is 0.824. The third-order valence-electron chi connectivity index (χ3n) is 4.06. The lowest BCUT2D eigenvalue weighted by atomic mass is 9.82. The molecule has 0 amide bonds. The first-order valence-corrected chi connectivity index (χ1v) is 7.58. The predicted molar refractivity (Wildman–Crippen MR) is 90.0 cm³/mol. The maximum Gasteiger partial charge on any atom is 0.119 e. The number of ether oxygens (including phenoxy) is 1. The van der Waals surface area contributed by atoms with Crippen LogP contribution in [-0.2, 0) is 12.0 Å². The molecule has 0 heterocycles. The molecular formula is C18H22ClNO. The highest BCUT2D eigenvalue weighted by Crippen LogP contribution is 2.29. The van der Waals surface area contributed by atoms with Gasteiger partial charge in [-0.15, -0.1) is 0 Å². The lowest BCUT2D eigenvalue weighted by molar-refractivity contribution is 0.306. The predicted octanol–water partition coefficient (Wildman–Crippen LogP) is 5.19. The highest BCUT2D eigenvalue weighted by molar-refractivity contribution is 6.31. The molecule has 0 aliphatic rings. The molecule has 2 rings (SSSR count). The fourth-order valence-electron chi connectivity index (χ4n) is 2.09. The van der Waals surface area contributed by atoms with Crippen LogP contribution in [0.1, 0.15) is 38.3 Å². The van der Waals surface area contributed by atoms with E-state index >= 15 is 0 Å². The quantitative estimate of drug-likeness (QED) is 0.772. The van der Waals surface area contributed by atoms with E-state index in [0.29, 0.717) is 17.3 Å². The molecule has 3 heteroatoms. The molecule has 0 unspecified atom stereocenters. The van der Waals surface area contributed by atoms with Crippen LogP contribution >= 0.6 is 11.6 Å². The van der Waals surface area contributed by atoms with Gasteiger partial charge in [-0.2, -0.15) is 0 Å². The maximum absolute atomic E-state index is 6.14. The second-order valence-corrected chi connectivity index (χ2v) is 6.27. The Hall–Kier alpha value is -1.67. The average Bonchev–Trinajstić information content (AvgIpc) is 2.47. The van der Waals surface area contributed by atoms with Crippen LogP contribution < -0.4 is 10.5 Å². The summed E-state index contributed by atoms with van der Waals surface area (Å²) in [7, 11) is 0. The second kappa shape index (κ2) is 6.40. The number of rotatable bonds is 5. The summed E-state index contributed by atoms with van der Waals surface area (Å²) in [5, 5.41) is 0.638. The molecule has 0 saturated carbocycles. The van der Waals surface area contributed by atoms with Crippen molar-refractivity contribution in [1.82, 2.24) is 0 Å². The van der Waals surface area contributed by atoms with Crippen LogP contribution in [0.3, 0.4) is 0 Å². The summed E-state index contributed by atoms with van der Waals surface area (Å²) < 4.78 is 5.79. The number of hydrogen-bond donors (Lipinski definition) is 1. The van der Waals surface area contributed by atoms with Crippen LogP contribution in [0.25, 0.3) is 0 Å². The van der Waals surface area contributed by atoms with Gasteiger partial charge in [-0.3, -0.25) is 0 Å². The molecule has 0 aromatic heterocycles. The van der Waals surface area contributed by atoms with E-state index in [4.69, 9.17) is 22.1 Å². The van der Waals surface area contributed by atoms with Crippen LogP contribution in [0.15, 0.2) is 42.5 Å². The molecule has 0 bridgehead atoms. The van der Waals surface area contributed by atoms with Crippen molar-refractivity contribution in [2.24, 2.45) is 0 Å². The Morgan fingerprint density at radius 1 is 1.10 bits per heavy atom. The lowest BCUT2D eigenvalue weighted by Crippen LogP contribution is -2.15. The Morgan fingerprint density at radius 3 is 2.33 bits per heavy atom. The summed E-state index contributed by atoms with van der Waals surface area (Å²) >= 11 is 6.14. The minimum Gasteiger partial charge on any atom is -0.489 e. The Labute approximate surface area is 131 Å². The van der Waals surface area contributed by atoms with Crippen molar-refractivity contribution in [3.05, 3.63) is 58.6 Å². The molecule has 0 spiro atoms. The van der Waals surface area contributed by atoms with E-state index in [1.807, 2.05) is 30.3 Å². The van der Waals surface area contributed by atoms with E-state index in [1.165, 1.54) is 5.56 Å². The molecule has 2 N–H and O–H groups in total. The summed E-state index contributed by atoms with van der Waals surface area (Å²) in [4.78, 5) is 0. The third-order valence-corrected chi connectivity index (χ3v) is 4.41. The van der Waals surface area contributed by atoms with E-state index < -0.39 is 0 Å². The van der Waals surface area contributed by atoms with E-state index in [0.717, 1.165) is 17.7 Å². The SMILES string of the molecule is CCC(C)(C)c1ccc(OCc2c(N)cccc2Cl)cc1. The highest BCUT2D eigenvalue weighted by Gasteiger charge is 2.17. The molecule has 2 aromatic rings. The number of nitrogen functional groups attached to an aromatic ring is 1. The van der Waals surface area contributed by atoms with Crippen molar-refractivity contribution in [3.8, 4) is 5.75 Å². The Balaban J connectivity index is 2.08. The van der Waals surface area contributed by atoms with Crippen molar-refractivity contribution in [3.63, 3.8) is 0 Å². The minimum absolute atomic E-state index is 0.186. The van der Waals surface area contributed by atoms with Gasteiger partial charge in [0.1, 0.15) is 12.4 Å². The van der Waals surface area contributed by atoms with E-state index in [1.54, 1.807) is 0 Å². The highest BCUT2D eigenvalue weighted by atomic mass is 35.5. The zero-order chi connectivity index (χ0) is 15.5. The van der Waals surface area contributed by atoms with Crippen molar-refractivity contribution in [2.45, 2.75) is 39.2 Å². The molecule has 0 radical (unpaired) electrons. The van der Waals surface area contributed by atoms with E-state index in [9.17, 15) is 0 Å². The van der Waals surface area contributed by atoms with Gasteiger partial charge in [-0.25, -0.2) is 0 Å². The molecular weight excluding hydrogens is 282 g/mol. The van der Waals surface area contributed by atoms with Crippen LogP contribution in [0.5, 0.6) is 5.75 Å². The first-order valence-electron chi connectivity index (χ1n) is 7.20. The number of anilines is 1. The molecule has 0 aliphatic heterocycles. The van der Waals surface area contributed by atoms with Gasteiger partial charge in [-0.1, -0.05) is 50.6 Å². The first-order chi connectivity index (χ1) is 9.94. The number of hydrogen-bond acceptors (Lipinski definition) is 2. The zero-order valence-corrected chi connectivity index (χ0v) is 13.6. The van der Waals surface area contributed by atoms with Crippen LogP contribution in [0.2, 0.25) is 5.02 Å². The van der Waals surface area contributed by atoms with Crippen molar-refractivity contribution >= 4 is 17.3 Å². The third kappa shape index (κ3) is 3.70. The van der Waals surface area contributed by atoms with Gasteiger partial charge in [-0.05, 0) is 41.7 Å². The summed E-state index contributed by atoms with van der Waals surface area (Å²) in [6.07, 6.45) is 1.10. The normalized spacial score (nSPS) is 11.4. The van der Waals surface area contributed by atoms with Gasteiger partial charge >= 0.3 is 0 Å². The standard InChI is InChI=1S/C18H22ClNO/c1-4-18(2,3)13-8-10-14(11-9-13)21-12-15-16(19)6-5-7-17(15)20/h5-11H,4,12,20H2,1-3H3. The summed E-state index contributed by atoms with van der Waals surface area (Å²) in [5.41, 5.74) is 8.91. The molecule has 21 heavy (non-hydrogen) atoms. The molecule has 0 saturated heterocycles. The molecule has 0 fully saturated rings. The van der Waals surface area contributed by atoms with Gasteiger partial charge in [0.05, 0.1) is 0 Å². The second-order valence-electron chi connectivity index (χ2n) is 5.86. The maximum atomic E-state index is 6.14. The topological polar surface area (TPSA) is 35.2 Å². The van der Waals surface area contributed by atoms with Crippen molar-refractivity contribution < 1.29 is 4.74 Å². The Kier molecular flexibility index (Phi) is 4.79. The zero-order valence-electron chi connectivity index (χ0n) is 12.8. The fourth-order valence-corrected chi connectivity index (χ4v) is 2.33. The first kappa shape index (κ1) is 15.7. The molecule has 0 aliphatic carbocycles. The Morgan fingerprint density at radius 2 is 1.76 bits per heavy atom. The summed E-state index contributed by atoms with van der Waals surface area (Å²) in [6.45, 7) is 7.06. The smallest absolute Gasteiger partial charge is 0.119 e. The molecule has 0 atom stereocenters. The van der Waals surface area contributed by atoms with E-state index in [-0.39, 0.29) is 5.41 Å². The minimum atomic E-state index is 0.186. The molecule has 2 nitrogen and oxygen atoms in total. The van der Waals surface area contributed by atoms with Gasteiger partial charge in [0.15, 0.2) is 0 Å². The average molecular weight is 304 g/mol. The largest absolute Gasteiger partial charge is 0.489 e. The lowest BCUT2D eigenvalue weighted by Gasteiger charge is -2.23. The van der Waals surface area contributed by atoms with Gasteiger partial charge < -0.3 is 10.5 Å². The number of nitrogens with two attached hydrogens (primary N) is 1. The van der Waals surface area contributed by atoms with Gasteiger partial charge in [0.25, 0.3) is 0 Å². The van der Waals surface area contributed by atoms with Crippen LogP contribution in [0.4, 0.5) is 5.69 Å². The Bertz CT molecular complexity index is 585. The van der Waals surface area contributed by atoms with Crippen LogP contribution in [-0.4, -0.2) is 0 Å². The summed E-state index contributed by atoms with van der Waals surface area (Å²) in [6, 6.07) is 13.7. The van der Waals surface area contributed by atoms with E-state index in [2.05, 4.69) is 32.9 Å². The fraction of sp³-hybridized carbons (Fsp3) is 0.333. The number of benzene rings is 2. The molecule has 112 valence electrons.